The summed E-state index contributed by atoms with van der Waals surface area (Å²) < 4.78 is 0. The van der Waals surface area contributed by atoms with Gasteiger partial charge in [-0.25, -0.2) is 4.98 Å². The lowest BCUT2D eigenvalue weighted by Crippen LogP contribution is -2.23. The maximum Gasteiger partial charge on any atom is 0.271 e. The molecule has 0 saturated heterocycles. The third-order valence-corrected chi connectivity index (χ3v) is 2.20. The van der Waals surface area contributed by atoms with E-state index in [1.54, 1.807) is 5.38 Å². The van der Waals surface area contributed by atoms with Crippen LogP contribution in [0.3, 0.4) is 0 Å². The highest BCUT2D eigenvalue weighted by atomic mass is 32.1. The maximum absolute atomic E-state index is 11.3. The Hall–Kier alpha value is -1.67. The molecule has 0 saturated carbocycles. The molecule has 14 heavy (non-hydrogen) atoms. The van der Waals surface area contributed by atoms with Crippen molar-refractivity contribution in [3.63, 3.8) is 0 Å². The molecule has 1 N–H and O–H groups in total. The summed E-state index contributed by atoms with van der Waals surface area (Å²) in [5, 5.41) is 13.1. The van der Waals surface area contributed by atoms with E-state index in [-0.39, 0.29) is 12.5 Å². The summed E-state index contributed by atoms with van der Waals surface area (Å²) in [6.07, 6.45) is 3.68. The highest BCUT2D eigenvalue weighted by Crippen LogP contribution is 2.10. The zero-order valence-electron chi connectivity index (χ0n) is 7.65. The molecule has 0 aliphatic carbocycles. The molecule has 1 heterocycles. The second-order valence-electron chi connectivity index (χ2n) is 2.41. The molecule has 0 spiro atoms. The number of amides is 1. The molecule has 0 bridgehead atoms. The van der Waals surface area contributed by atoms with Crippen LogP contribution in [0, 0.1) is 11.3 Å². The van der Waals surface area contributed by atoms with E-state index in [4.69, 9.17) is 5.26 Å². The van der Waals surface area contributed by atoms with Crippen molar-refractivity contribution in [3.8, 4) is 6.07 Å². The van der Waals surface area contributed by atoms with Crippen LogP contribution in [-0.2, 0) is 0 Å². The first-order chi connectivity index (χ1) is 6.77. The normalized spacial score (nSPS) is 10.0. The van der Waals surface area contributed by atoms with Crippen LogP contribution in [0.2, 0.25) is 0 Å². The van der Waals surface area contributed by atoms with E-state index in [9.17, 15) is 4.79 Å². The SMILES string of the molecule is C/C=C\c1nc(C(=O)NCC#N)cs1. The van der Waals surface area contributed by atoms with E-state index in [1.807, 2.05) is 25.1 Å². The number of hydrogen-bond donors (Lipinski definition) is 1. The molecule has 1 rings (SSSR count). The van der Waals surface area contributed by atoms with E-state index in [1.165, 1.54) is 11.3 Å². The van der Waals surface area contributed by atoms with Crippen LogP contribution in [0.5, 0.6) is 0 Å². The lowest BCUT2D eigenvalue weighted by Gasteiger charge is -1.94. The quantitative estimate of drug-likeness (QED) is 0.762. The summed E-state index contributed by atoms with van der Waals surface area (Å²) >= 11 is 1.39. The molecule has 1 aromatic rings. The lowest BCUT2D eigenvalue weighted by molar-refractivity contribution is 0.0954. The van der Waals surface area contributed by atoms with Gasteiger partial charge in [0, 0.05) is 5.38 Å². The van der Waals surface area contributed by atoms with Gasteiger partial charge in [-0.1, -0.05) is 6.08 Å². The average Bonchev–Trinajstić information content (AvgIpc) is 2.63. The standard InChI is InChI=1S/C9H9N3OS/c1-2-3-8-12-7(6-14-8)9(13)11-5-4-10/h2-3,6H,5H2,1H3,(H,11,13)/b3-2-. The minimum absolute atomic E-state index is 0.00924. The third kappa shape index (κ3) is 2.68. The Balaban J connectivity index is 2.67. The van der Waals surface area contributed by atoms with Crippen molar-refractivity contribution in [1.82, 2.24) is 10.3 Å². The first-order valence-corrected chi connectivity index (χ1v) is 4.89. The summed E-state index contributed by atoms with van der Waals surface area (Å²) in [7, 11) is 0. The number of thiazole rings is 1. The first kappa shape index (κ1) is 10.4. The van der Waals surface area contributed by atoms with E-state index in [0.717, 1.165) is 5.01 Å². The third-order valence-electron chi connectivity index (χ3n) is 1.39. The fourth-order valence-electron chi connectivity index (χ4n) is 0.821. The zero-order valence-corrected chi connectivity index (χ0v) is 8.47. The van der Waals surface area contributed by atoms with Crippen LogP contribution in [0.4, 0.5) is 0 Å². The minimum Gasteiger partial charge on any atom is -0.338 e. The van der Waals surface area contributed by atoms with Gasteiger partial charge in [0.1, 0.15) is 17.2 Å². The fourth-order valence-corrected chi connectivity index (χ4v) is 1.58. The van der Waals surface area contributed by atoms with Crippen LogP contribution in [-0.4, -0.2) is 17.4 Å². The van der Waals surface area contributed by atoms with Crippen molar-refractivity contribution in [3.05, 3.63) is 22.2 Å². The Morgan fingerprint density at radius 1 is 1.86 bits per heavy atom. The van der Waals surface area contributed by atoms with Gasteiger partial charge in [-0.3, -0.25) is 4.79 Å². The Bertz CT molecular complexity index is 389. The fraction of sp³-hybridized carbons (Fsp3) is 0.222. The van der Waals surface area contributed by atoms with Gasteiger partial charge < -0.3 is 5.32 Å². The zero-order chi connectivity index (χ0) is 10.4. The van der Waals surface area contributed by atoms with Crippen LogP contribution in [0.15, 0.2) is 11.5 Å². The molecule has 0 aromatic carbocycles. The largest absolute Gasteiger partial charge is 0.338 e. The summed E-state index contributed by atoms with van der Waals surface area (Å²) in [5.41, 5.74) is 0.360. The molecule has 0 radical (unpaired) electrons. The van der Waals surface area contributed by atoms with Crippen molar-refractivity contribution in [2.24, 2.45) is 0 Å². The second kappa shape index (κ2) is 5.14. The van der Waals surface area contributed by atoms with Crippen LogP contribution < -0.4 is 5.32 Å². The molecule has 1 aromatic heterocycles. The number of carbonyl (C=O) groups excluding carboxylic acids is 1. The van der Waals surface area contributed by atoms with Crippen molar-refractivity contribution < 1.29 is 4.79 Å². The number of aromatic nitrogens is 1. The van der Waals surface area contributed by atoms with Crippen molar-refractivity contribution in [2.75, 3.05) is 6.54 Å². The van der Waals surface area contributed by atoms with Crippen LogP contribution >= 0.6 is 11.3 Å². The van der Waals surface area contributed by atoms with Crippen LogP contribution in [0.1, 0.15) is 22.4 Å². The molecule has 4 nitrogen and oxygen atoms in total. The van der Waals surface area contributed by atoms with Crippen molar-refractivity contribution >= 4 is 23.3 Å². The summed E-state index contributed by atoms with van der Waals surface area (Å²) in [6, 6.07) is 1.83. The number of rotatable bonds is 3. The average molecular weight is 207 g/mol. The molecule has 72 valence electrons. The molecule has 0 aliphatic heterocycles. The summed E-state index contributed by atoms with van der Waals surface area (Å²) in [4.78, 5) is 15.3. The van der Waals surface area contributed by atoms with Gasteiger partial charge in [-0.05, 0) is 13.0 Å². The predicted molar refractivity (Wildman–Crippen MR) is 54.8 cm³/mol. The molecule has 0 fully saturated rings. The Morgan fingerprint density at radius 2 is 2.64 bits per heavy atom. The predicted octanol–water partition coefficient (Wildman–Crippen LogP) is 1.43. The number of nitrogens with one attached hydrogen (secondary N) is 1. The Kier molecular flexibility index (Phi) is 3.83. The van der Waals surface area contributed by atoms with Gasteiger partial charge in [0.15, 0.2) is 0 Å². The van der Waals surface area contributed by atoms with E-state index >= 15 is 0 Å². The van der Waals surface area contributed by atoms with Crippen LogP contribution in [0.25, 0.3) is 6.08 Å². The number of carbonyl (C=O) groups is 1. The smallest absolute Gasteiger partial charge is 0.271 e. The molecule has 1 amide bonds. The number of nitriles is 1. The van der Waals surface area contributed by atoms with Gasteiger partial charge in [0.2, 0.25) is 0 Å². The highest BCUT2D eigenvalue weighted by molar-refractivity contribution is 7.10. The van der Waals surface area contributed by atoms with Gasteiger partial charge in [-0.15, -0.1) is 11.3 Å². The summed E-state index contributed by atoms with van der Waals surface area (Å²) in [6.45, 7) is 1.89. The topological polar surface area (TPSA) is 65.8 Å². The van der Waals surface area contributed by atoms with Gasteiger partial charge in [0.05, 0.1) is 6.07 Å². The molecular formula is C9H9N3OS. The van der Waals surface area contributed by atoms with E-state index < -0.39 is 0 Å². The summed E-state index contributed by atoms with van der Waals surface area (Å²) in [5.74, 6) is -0.307. The highest BCUT2D eigenvalue weighted by Gasteiger charge is 2.07. The number of allylic oxidation sites excluding steroid dienone is 1. The van der Waals surface area contributed by atoms with Gasteiger partial charge in [0.25, 0.3) is 5.91 Å². The van der Waals surface area contributed by atoms with Gasteiger partial charge >= 0.3 is 0 Å². The Labute approximate surface area is 85.9 Å². The van der Waals surface area contributed by atoms with Gasteiger partial charge in [-0.2, -0.15) is 5.26 Å². The lowest BCUT2D eigenvalue weighted by atomic mass is 10.4. The number of hydrogen-bond acceptors (Lipinski definition) is 4. The van der Waals surface area contributed by atoms with Crippen molar-refractivity contribution in [2.45, 2.75) is 6.92 Å². The second-order valence-corrected chi connectivity index (χ2v) is 3.30. The monoisotopic (exact) mass is 207 g/mol. The van der Waals surface area contributed by atoms with E-state index in [2.05, 4.69) is 10.3 Å². The maximum atomic E-state index is 11.3. The first-order valence-electron chi connectivity index (χ1n) is 4.01. The Morgan fingerprint density at radius 3 is 3.29 bits per heavy atom. The molecule has 5 heteroatoms. The van der Waals surface area contributed by atoms with E-state index in [0.29, 0.717) is 5.69 Å². The molecular weight excluding hydrogens is 198 g/mol. The molecule has 0 atom stereocenters. The molecule has 0 unspecified atom stereocenters. The van der Waals surface area contributed by atoms with Crippen molar-refractivity contribution in [1.29, 1.82) is 5.26 Å². The minimum atomic E-state index is -0.307. The number of nitrogens with zero attached hydrogens (tertiary/aromatic N) is 2. The molecule has 0 aliphatic rings.